The largest absolute Gasteiger partial charge is 0.368 e. The van der Waals surface area contributed by atoms with Crippen molar-refractivity contribution >= 4 is 0 Å². The topological polar surface area (TPSA) is 29.5 Å². The van der Waals surface area contributed by atoms with Crippen LogP contribution in [0.4, 0.5) is 0 Å². The summed E-state index contributed by atoms with van der Waals surface area (Å²) in [6, 6.07) is 0. The Morgan fingerprint density at radius 1 is 1.20 bits per heavy atom. The van der Waals surface area contributed by atoms with Gasteiger partial charge in [0.25, 0.3) is 0 Å². The minimum atomic E-state index is -0.504. The van der Waals surface area contributed by atoms with Crippen molar-refractivity contribution in [2.45, 2.75) is 51.4 Å². The maximum Gasteiger partial charge on any atom is 0.154 e. The van der Waals surface area contributed by atoms with Crippen LogP contribution in [0.25, 0.3) is 0 Å². The minimum absolute atomic E-state index is 0.246. The Morgan fingerprint density at radius 2 is 1.90 bits per heavy atom. The van der Waals surface area contributed by atoms with Gasteiger partial charge in [0.05, 0.1) is 6.10 Å². The number of rotatable bonds is 0. The second kappa shape index (κ2) is 3.94. The smallest absolute Gasteiger partial charge is 0.154 e. The molecule has 1 N–H and O–H groups in total. The highest BCUT2D eigenvalue weighted by molar-refractivity contribution is 4.57. The molecule has 1 rings (SSSR count). The molecule has 0 aliphatic carbocycles. The molecule has 1 saturated heterocycles. The number of ether oxygens (including phenoxy) is 1. The van der Waals surface area contributed by atoms with Gasteiger partial charge in [-0.15, -0.1) is 0 Å². The van der Waals surface area contributed by atoms with Crippen LogP contribution in [0.2, 0.25) is 0 Å². The van der Waals surface area contributed by atoms with E-state index in [2.05, 4.69) is 0 Å². The third-order valence-electron chi connectivity index (χ3n) is 1.95. The Hall–Kier alpha value is -0.0800. The first kappa shape index (κ1) is 8.02. The van der Waals surface area contributed by atoms with Gasteiger partial charge in [-0.2, -0.15) is 0 Å². The van der Waals surface area contributed by atoms with Crippen LogP contribution in [0.1, 0.15) is 39.0 Å². The summed E-state index contributed by atoms with van der Waals surface area (Å²) in [4.78, 5) is 0. The van der Waals surface area contributed by atoms with E-state index in [0.717, 1.165) is 19.3 Å². The standard InChI is InChI=1S/C8H16O2/c1-7-5-3-2-4-6-8(9)10-7/h7-9H,2-6H2,1H3. The summed E-state index contributed by atoms with van der Waals surface area (Å²) in [5.74, 6) is 0. The van der Waals surface area contributed by atoms with Crippen LogP contribution in [0, 0.1) is 0 Å². The number of aliphatic hydroxyl groups is 1. The predicted octanol–water partition coefficient (Wildman–Crippen LogP) is 1.67. The van der Waals surface area contributed by atoms with Gasteiger partial charge >= 0.3 is 0 Å². The van der Waals surface area contributed by atoms with E-state index in [0.29, 0.717) is 0 Å². The monoisotopic (exact) mass is 144 g/mol. The van der Waals surface area contributed by atoms with Gasteiger partial charge < -0.3 is 9.84 Å². The summed E-state index contributed by atoms with van der Waals surface area (Å²) in [7, 11) is 0. The molecular weight excluding hydrogens is 128 g/mol. The van der Waals surface area contributed by atoms with Gasteiger partial charge in [0.1, 0.15) is 0 Å². The molecule has 2 atom stereocenters. The molecule has 0 aromatic rings. The van der Waals surface area contributed by atoms with Crippen LogP contribution >= 0.6 is 0 Å². The first-order valence-corrected chi connectivity index (χ1v) is 4.12. The molecule has 0 amide bonds. The van der Waals surface area contributed by atoms with Crippen molar-refractivity contribution in [3.63, 3.8) is 0 Å². The summed E-state index contributed by atoms with van der Waals surface area (Å²) >= 11 is 0. The third kappa shape index (κ3) is 2.67. The van der Waals surface area contributed by atoms with E-state index in [-0.39, 0.29) is 6.10 Å². The zero-order chi connectivity index (χ0) is 7.40. The molecular formula is C8H16O2. The molecule has 1 fully saturated rings. The van der Waals surface area contributed by atoms with Gasteiger partial charge in [0.2, 0.25) is 0 Å². The summed E-state index contributed by atoms with van der Waals surface area (Å²) in [6.45, 7) is 2.02. The average Bonchev–Trinajstić information content (AvgIpc) is 1.83. The van der Waals surface area contributed by atoms with E-state index >= 15 is 0 Å². The van der Waals surface area contributed by atoms with Crippen molar-refractivity contribution < 1.29 is 9.84 Å². The highest BCUT2D eigenvalue weighted by atomic mass is 16.6. The van der Waals surface area contributed by atoms with E-state index in [1.54, 1.807) is 0 Å². The fourth-order valence-electron chi connectivity index (χ4n) is 1.33. The van der Waals surface area contributed by atoms with Gasteiger partial charge in [-0.1, -0.05) is 12.8 Å². The lowest BCUT2D eigenvalue weighted by Gasteiger charge is -2.20. The van der Waals surface area contributed by atoms with Crippen LogP contribution in [-0.4, -0.2) is 17.5 Å². The first-order chi connectivity index (χ1) is 4.79. The van der Waals surface area contributed by atoms with Gasteiger partial charge in [0.15, 0.2) is 6.29 Å². The van der Waals surface area contributed by atoms with Crippen molar-refractivity contribution in [3.8, 4) is 0 Å². The minimum Gasteiger partial charge on any atom is -0.368 e. The van der Waals surface area contributed by atoms with Crippen LogP contribution in [0.3, 0.4) is 0 Å². The molecule has 1 aliphatic heterocycles. The lowest BCUT2D eigenvalue weighted by Crippen LogP contribution is -2.21. The van der Waals surface area contributed by atoms with Crippen LogP contribution in [0.15, 0.2) is 0 Å². The molecule has 0 bridgehead atoms. The highest BCUT2D eigenvalue weighted by Crippen LogP contribution is 2.15. The van der Waals surface area contributed by atoms with E-state index in [1.807, 2.05) is 6.92 Å². The normalized spacial score (nSPS) is 36.6. The number of hydrogen-bond donors (Lipinski definition) is 1. The van der Waals surface area contributed by atoms with Crippen LogP contribution in [0.5, 0.6) is 0 Å². The van der Waals surface area contributed by atoms with Gasteiger partial charge in [-0.25, -0.2) is 0 Å². The molecule has 2 unspecified atom stereocenters. The Balaban J connectivity index is 2.25. The fraction of sp³-hybridized carbons (Fsp3) is 1.00. The molecule has 0 radical (unpaired) electrons. The second-order valence-corrected chi connectivity index (χ2v) is 3.04. The van der Waals surface area contributed by atoms with Crippen LogP contribution < -0.4 is 0 Å². The Bertz CT molecular complexity index is 83.3. The summed E-state index contributed by atoms with van der Waals surface area (Å²) in [5.41, 5.74) is 0. The Kier molecular flexibility index (Phi) is 3.16. The second-order valence-electron chi connectivity index (χ2n) is 3.04. The first-order valence-electron chi connectivity index (χ1n) is 4.12. The zero-order valence-corrected chi connectivity index (χ0v) is 6.55. The van der Waals surface area contributed by atoms with Crippen molar-refractivity contribution in [1.82, 2.24) is 0 Å². The van der Waals surface area contributed by atoms with E-state index < -0.39 is 6.29 Å². The van der Waals surface area contributed by atoms with Crippen molar-refractivity contribution in [3.05, 3.63) is 0 Å². The average molecular weight is 144 g/mol. The molecule has 2 nitrogen and oxygen atoms in total. The summed E-state index contributed by atoms with van der Waals surface area (Å²) in [5, 5.41) is 9.16. The molecule has 60 valence electrons. The molecule has 10 heavy (non-hydrogen) atoms. The van der Waals surface area contributed by atoms with Crippen molar-refractivity contribution in [1.29, 1.82) is 0 Å². The van der Waals surface area contributed by atoms with Gasteiger partial charge in [-0.3, -0.25) is 0 Å². The predicted molar refractivity (Wildman–Crippen MR) is 39.6 cm³/mol. The Morgan fingerprint density at radius 3 is 2.70 bits per heavy atom. The lowest BCUT2D eigenvalue weighted by atomic mass is 10.1. The maximum atomic E-state index is 9.16. The number of aliphatic hydroxyl groups excluding tert-OH is 1. The quantitative estimate of drug-likeness (QED) is 0.560. The van der Waals surface area contributed by atoms with E-state index in [4.69, 9.17) is 9.84 Å². The SMILES string of the molecule is CC1CCCCCC(O)O1. The zero-order valence-electron chi connectivity index (χ0n) is 6.55. The molecule has 0 aromatic heterocycles. The molecule has 0 saturated carbocycles. The third-order valence-corrected chi connectivity index (χ3v) is 1.95. The highest BCUT2D eigenvalue weighted by Gasteiger charge is 2.12. The maximum absolute atomic E-state index is 9.16. The number of hydrogen-bond acceptors (Lipinski definition) is 2. The molecule has 0 aromatic carbocycles. The summed E-state index contributed by atoms with van der Waals surface area (Å²) < 4.78 is 5.25. The Labute approximate surface area is 62.2 Å². The molecule has 1 aliphatic rings. The summed E-state index contributed by atoms with van der Waals surface area (Å²) in [6.07, 6.45) is 5.24. The van der Waals surface area contributed by atoms with E-state index in [9.17, 15) is 0 Å². The molecule has 2 heteroatoms. The van der Waals surface area contributed by atoms with Crippen molar-refractivity contribution in [2.75, 3.05) is 0 Å². The fourth-order valence-corrected chi connectivity index (χ4v) is 1.33. The van der Waals surface area contributed by atoms with Gasteiger partial charge in [0, 0.05) is 0 Å². The van der Waals surface area contributed by atoms with Crippen molar-refractivity contribution in [2.24, 2.45) is 0 Å². The lowest BCUT2D eigenvalue weighted by molar-refractivity contribution is -0.140. The van der Waals surface area contributed by atoms with E-state index in [1.165, 1.54) is 12.8 Å². The molecule has 0 spiro atoms. The van der Waals surface area contributed by atoms with Crippen LogP contribution in [-0.2, 0) is 4.74 Å². The van der Waals surface area contributed by atoms with Gasteiger partial charge in [-0.05, 0) is 26.2 Å². The molecule has 1 heterocycles.